The Labute approximate surface area is 320 Å². The SMILES string of the molecule is C=CC(=O)OCCCOc1ccc(C(=O)O)cc1.C=CC(=O)OCCCOc1ccc(C(=O)Oc2ccc(OC(=O)c3ccc(CC)cc3)cc2)cc1.CC. The number of carboxylic acid groups (broad SMARTS) is 1. The molecule has 0 spiro atoms. The molecule has 0 radical (unpaired) electrons. The van der Waals surface area contributed by atoms with Gasteiger partial charge in [0.25, 0.3) is 0 Å². The van der Waals surface area contributed by atoms with Gasteiger partial charge in [0.2, 0.25) is 0 Å². The Bertz CT molecular complexity index is 1810. The first-order chi connectivity index (χ1) is 26.6. The first-order valence-corrected chi connectivity index (χ1v) is 17.5. The van der Waals surface area contributed by atoms with Crippen molar-refractivity contribution < 1.29 is 57.5 Å². The number of carbonyl (C=O) groups excluding carboxylic acids is 4. The molecule has 0 bridgehead atoms. The van der Waals surface area contributed by atoms with Crippen molar-refractivity contribution in [3.63, 3.8) is 0 Å². The van der Waals surface area contributed by atoms with Crippen molar-refractivity contribution >= 4 is 29.8 Å². The fourth-order valence-electron chi connectivity index (χ4n) is 4.13. The third kappa shape index (κ3) is 17.1. The number of hydrogen-bond donors (Lipinski definition) is 1. The van der Waals surface area contributed by atoms with Gasteiger partial charge in [-0.3, -0.25) is 0 Å². The van der Waals surface area contributed by atoms with E-state index in [4.69, 9.17) is 33.5 Å². The molecule has 12 nitrogen and oxygen atoms in total. The van der Waals surface area contributed by atoms with Crippen LogP contribution in [0.3, 0.4) is 0 Å². The summed E-state index contributed by atoms with van der Waals surface area (Å²) in [5.74, 6) is -1.08. The standard InChI is InChI=1S/C28H26O7.C13H14O5.C2H6/c1-3-20-6-8-21(9-7-20)27(30)34-24-14-16-25(17-15-24)35-28(31)22-10-12-23(13-11-22)32-18-5-19-33-26(29)4-2;1-2-12(14)18-9-3-8-17-11-6-4-10(5-7-11)13(15)16;1-2/h4,6-17H,2-3,5,18-19H2,1H3;2,4-7H,1,3,8-9H2,(H,15,16);1-2H3. The van der Waals surface area contributed by atoms with Gasteiger partial charge in [-0.05, 0) is 96.9 Å². The van der Waals surface area contributed by atoms with Crippen LogP contribution in [0.1, 0.15) is 70.3 Å². The third-order valence-corrected chi connectivity index (χ3v) is 6.97. The predicted octanol–water partition coefficient (Wildman–Crippen LogP) is 8.09. The molecule has 0 unspecified atom stereocenters. The number of hydrogen-bond acceptors (Lipinski definition) is 11. The molecule has 4 rings (SSSR count). The summed E-state index contributed by atoms with van der Waals surface area (Å²) in [6.07, 6.45) is 4.19. The van der Waals surface area contributed by atoms with Crippen LogP contribution in [-0.4, -0.2) is 61.4 Å². The Morgan fingerprint density at radius 1 is 0.527 bits per heavy atom. The van der Waals surface area contributed by atoms with Gasteiger partial charge in [0, 0.05) is 25.0 Å². The number of aromatic carboxylic acids is 1. The summed E-state index contributed by atoms with van der Waals surface area (Å²) in [5.41, 5.74) is 2.16. The van der Waals surface area contributed by atoms with Crippen LogP contribution in [0.5, 0.6) is 23.0 Å². The lowest BCUT2D eigenvalue weighted by Gasteiger charge is -2.09. The van der Waals surface area contributed by atoms with Gasteiger partial charge in [-0.25, -0.2) is 24.0 Å². The van der Waals surface area contributed by atoms with E-state index in [-0.39, 0.29) is 18.8 Å². The average molecular weight is 755 g/mol. The summed E-state index contributed by atoms with van der Waals surface area (Å²) in [6, 6.07) is 26.1. The zero-order valence-electron chi connectivity index (χ0n) is 31.2. The van der Waals surface area contributed by atoms with Gasteiger partial charge < -0.3 is 33.5 Å². The minimum atomic E-state index is -0.974. The van der Waals surface area contributed by atoms with E-state index in [1.807, 2.05) is 32.9 Å². The Kier molecular flexibility index (Phi) is 20.5. The van der Waals surface area contributed by atoms with Crippen molar-refractivity contribution in [3.8, 4) is 23.0 Å². The second kappa shape index (κ2) is 25.3. The molecule has 0 amide bonds. The molecule has 4 aromatic carbocycles. The van der Waals surface area contributed by atoms with E-state index in [2.05, 4.69) is 13.2 Å². The lowest BCUT2D eigenvalue weighted by molar-refractivity contribution is -0.138. The summed E-state index contributed by atoms with van der Waals surface area (Å²) in [5, 5.41) is 8.70. The van der Waals surface area contributed by atoms with Crippen LogP contribution in [0.25, 0.3) is 0 Å². The van der Waals surface area contributed by atoms with Crippen LogP contribution in [0, 0.1) is 0 Å². The monoisotopic (exact) mass is 754 g/mol. The maximum atomic E-state index is 12.4. The summed E-state index contributed by atoms with van der Waals surface area (Å²) >= 11 is 0. The minimum Gasteiger partial charge on any atom is -0.493 e. The number of rotatable bonds is 18. The molecule has 290 valence electrons. The van der Waals surface area contributed by atoms with E-state index < -0.39 is 29.8 Å². The number of esters is 4. The second-order valence-corrected chi connectivity index (χ2v) is 10.8. The first kappa shape index (κ1) is 44.5. The number of benzene rings is 4. The number of ether oxygens (including phenoxy) is 6. The van der Waals surface area contributed by atoms with Crippen molar-refractivity contribution in [2.24, 2.45) is 0 Å². The fraction of sp³-hybridized carbons (Fsp3) is 0.233. The lowest BCUT2D eigenvalue weighted by atomic mass is 10.1. The molecular weight excluding hydrogens is 708 g/mol. The van der Waals surface area contributed by atoms with Crippen molar-refractivity contribution in [1.82, 2.24) is 0 Å². The molecule has 12 heteroatoms. The number of carbonyl (C=O) groups is 5. The van der Waals surface area contributed by atoms with E-state index in [1.165, 1.54) is 12.1 Å². The molecule has 0 heterocycles. The van der Waals surface area contributed by atoms with E-state index in [0.29, 0.717) is 60.2 Å². The van der Waals surface area contributed by atoms with Gasteiger partial charge >= 0.3 is 29.8 Å². The highest BCUT2D eigenvalue weighted by molar-refractivity contribution is 5.92. The van der Waals surface area contributed by atoms with Gasteiger partial charge in [-0.15, -0.1) is 0 Å². The highest BCUT2D eigenvalue weighted by Crippen LogP contribution is 2.21. The largest absolute Gasteiger partial charge is 0.493 e. The van der Waals surface area contributed by atoms with Gasteiger partial charge in [-0.2, -0.15) is 0 Å². The Morgan fingerprint density at radius 3 is 1.22 bits per heavy atom. The molecule has 4 aromatic rings. The summed E-state index contributed by atoms with van der Waals surface area (Å²) in [6.45, 7) is 13.9. The van der Waals surface area contributed by atoms with Crippen LogP contribution in [0.15, 0.2) is 122 Å². The Morgan fingerprint density at radius 2 is 0.873 bits per heavy atom. The normalized spacial score (nSPS) is 9.73. The van der Waals surface area contributed by atoms with Gasteiger partial charge in [0.15, 0.2) is 0 Å². The van der Waals surface area contributed by atoms with Crippen LogP contribution in [-0.2, 0) is 25.5 Å². The van der Waals surface area contributed by atoms with Crippen LogP contribution in [0.2, 0.25) is 0 Å². The van der Waals surface area contributed by atoms with Gasteiger partial charge in [0.1, 0.15) is 23.0 Å². The van der Waals surface area contributed by atoms with E-state index in [0.717, 1.165) is 24.1 Å². The average Bonchev–Trinajstić information content (AvgIpc) is 3.22. The second-order valence-electron chi connectivity index (χ2n) is 10.8. The molecular formula is C43H46O12. The minimum absolute atomic E-state index is 0.210. The summed E-state index contributed by atoms with van der Waals surface area (Å²) in [7, 11) is 0. The molecule has 0 aromatic heterocycles. The van der Waals surface area contributed by atoms with Crippen molar-refractivity contribution in [2.75, 3.05) is 26.4 Å². The molecule has 0 aliphatic carbocycles. The maximum Gasteiger partial charge on any atom is 0.343 e. The highest BCUT2D eigenvalue weighted by atomic mass is 16.5. The molecule has 0 saturated carbocycles. The predicted molar refractivity (Wildman–Crippen MR) is 206 cm³/mol. The number of aryl methyl sites for hydroxylation is 1. The molecule has 0 aliphatic rings. The summed E-state index contributed by atoms with van der Waals surface area (Å²) < 4.78 is 31.3. The van der Waals surface area contributed by atoms with Crippen LogP contribution < -0.4 is 18.9 Å². The molecule has 0 aliphatic heterocycles. The smallest absolute Gasteiger partial charge is 0.343 e. The Balaban J connectivity index is 0.000000440. The van der Waals surface area contributed by atoms with Crippen molar-refractivity contribution in [1.29, 1.82) is 0 Å². The van der Waals surface area contributed by atoms with Crippen molar-refractivity contribution in [3.05, 3.63) is 145 Å². The first-order valence-electron chi connectivity index (χ1n) is 17.5. The topological polar surface area (TPSA) is 161 Å². The molecule has 0 atom stereocenters. The Hall–Kier alpha value is -6.69. The van der Waals surface area contributed by atoms with E-state index in [9.17, 15) is 24.0 Å². The van der Waals surface area contributed by atoms with Gasteiger partial charge in [-0.1, -0.05) is 46.1 Å². The van der Waals surface area contributed by atoms with Gasteiger partial charge in [0.05, 0.1) is 43.1 Å². The highest BCUT2D eigenvalue weighted by Gasteiger charge is 2.12. The fourth-order valence-corrected chi connectivity index (χ4v) is 4.13. The quantitative estimate of drug-likeness (QED) is 0.0451. The van der Waals surface area contributed by atoms with E-state index in [1.54, 1.807) is 72.8 Å². The van der Waals surface area contributed by atoms with Crippen LogP contribution >= 0.6 is 0 Å². The zero-order chi connectivity index (χ0) is 40.4. The molecule has 0 fully saturated rings. The third-order valence-electron chi connectivity index (χ3n) is 6.97. The summed E-state index contributed by atoms with van der Waals surface area (Å²) in [4.78, 5) is 57.0. The lowest BCUT2D eigenvalue weighted by Crippen LogP contribution is -2.10. The molecule has 1 N–H and O–H groups in total. The van der Waals surface area contributed by atoms with Crippen molar-refractivity contribution in [2.45, 2.75) is 40.0 Å². The van der Waals surface area contributed by atoms with Crippen LogP contribution in [0.4, 0.5) is 0 Å². The zero-order valence-corrected chi connectivity index (χ0v) is 31.2. The molecule has 0 saturated heterocycles. The molecule has 55 heavy (non-hydrogen) atoms. The maximum absolute atomic E-state index is 12.4. The number of carboxylic acids is 1. The van der Waals surface area contributed by atoms with E-state index >= 15 is 0 Å².